The van der Waals surface area contributed by atoms with Crippen LogP contribution in [-0.4, -0.2) is 19.8 Å². The zero-order valence-electron chi connectivity index (χ0n) is 9.12. The molecular formula is C12H18O2. The van der Waals surface area contributed by atoms with E-state index in [2.05, 4.69) is 19.1 Å². The lowest BCUT2D eigenvalue weighted by Crippen LogP contribution is -2.15. The van der Waals surface area contributed by atoms with Crippen molar-refractivity contribution in [3.8, 4) is 5.75 Å². The second-order valence-corrected chi connectivity index (χ2v) is 3.35. The maximum atomic E-state index is 5.53. The van der Waals surface area contributed by atoms with E-state index in [1.807, 2.05) is 19.1 Å². The fraction of sp³-hybridized carbons (Fsp3) is 0.500. The maximum absolute atomic E-state index is 5.53. The fourth-order valence-electron chi connectivity index (χ4n) is 1.10. The quantitative estimate of drug-likeness (QED) is 0.717. The Bertz CT molecular complexity index is 254. The van der Waals surface area contributed by atoms with Crippen molar-refractivity contribution in [2.24, 2.45) is 0 Å². The van der Waals surface area contributed by atoms with Crippen molar-refractivity contribution in [1.29, 1.82) is 0 Å². The van der Waals surface area contributed by atoms with Gasteiger partial charge in [0, 0.05) is 7.11 Å². The molecule has 78 valence electrons. The van der Waals surface area contributed by atoms with Gasteiger partial charge in [0.05, 0.1) is 6.10 Å². The smallest absolute Gasteiger partial charge is 0.119 e. The summed E-state index contributed by atoms with van der Waals surface area (Å²) >= 11 is 0. The first-order valence-electron chi connectivity index (χ1n) is 5.00. The van der Waals surface area contributed by atoms with E-state index in [1.165, 1.54) is 5.56 Å². The number of rotatable bonds is 5. The SMILES string of the molecule is CCc1ccc(OCC(C)OC)cc1. The first-order valence-corrected chi connectivity index (χ1v) is 5.00. The molecule has 0 N–H and O–H groups in total. The Hall–Kier alpha value is -1.02. The Morgan fingerprint density at radius 3 is 2.36 bits per heavy atom. The molecule has 0 saturated carbocycles. The molecule has 1 aromatic rings. The molecule has 0 aliphatic carbocycles. The van der Waals surface area contributed by atoms with Crippen LogP contribution in [0.25, 0.3) is 0 Å². The van der Waals surface area contributed by atoms with Gasteiger partial charge in [-0.15, -0.1) is 0 Å². The highest BCUT2D eigenvalue weighted by Gasteiger charge is 2.00. The molecule has 1 aromatic carbocycles. The van der Waals surface area contributed by atoms with E-state index in [0.29, 0.717) is 6.61 Å². The number of ether oxygens (including phenoxy) is 2. The molecule has 0 spiro atoms. The Morgan fingerprint density at radius 1 is 1.21 bits per heavy atom. The molecule has 0 aliphatic heterocycles. The summed E-state index contributed by atoms with van der Waals surface area (Å²) in [6, 6.07) is 8.18. The Morgan fingerprint density at radius 2 is 1.86 bits per heavy atom. The average molecular weight is 194 g/mol. The summed E-state index contributed by atoms with van der Waals surface area (Å²) in [7, 11) is 1.69. The highest BCUT2D eigenvalue weighted by molar-refractivity contribution is 5.27. The molecule has 0 heterocycles. The summed E-state index contributed by atoms with van der Waals surface area (Å²) in [5.41, 5.74) is 1.33. The zero-order valence-corrected chi connectivity index (χ0v) is 9.12. The normalized spacial score (nSPS) is 12.5. The van der Waals surface area contributed by atoms with Crippen molar-refractivity contribution in [1.82, 2.24) is 0 Å². The van der Waals surface area contributed by atoms with Crippen molar-refractivity contribution in [3.05, 3.63) is 29.8 Å². The molecule has 0 amide bonds. The van der Waals surface area contributed by atoms with Gasteiger partial charge < -0.3 is 9.47 Å². The van der Waals surface area contributed by atoms with Crippen molar-refractivity contribution in [2.75, 3.05) is 13.7 Å². The Kier molecular flexibility index (Phi) is 4.47. The molecule has 2 nitrogen and oxygen atoms in total. The van der Waals surface area contributed by atoms with Crippen LogP contribution in [0.5, 0.6) is 5.75 Å². The largest absolute Gasteiger partial charge is 0.491 e. The predicted octanol–water partition coefficient (Wildman–Crippen LogP) is 2.66. The number of aryl methyl sites for hydroxylation is 1. The van der Waals surface area contributed by atoms with Gasteiger partial charge in [-0.2, -0.15) is 0 Å². The van der Waals surface area contributed by atoms with Gasteiger partial charge in [-0.1, -0.05) is 19.1 Å². The van der Waals surface area contributed by atoms with E-state index >= 15 is 0 Å². The van der Waals surface area contributed by atoms with Gasteiger partial charge in [-0.3, -0.25) is 0 Å². The number of benzene rings is 1. The lowest BCUT2D eigenvalue weighted by Gasteiger charge is -2.11. The average Bonchev–Trinajstić information content (AvgIpc) is 2.26. The molecule has 1 unspecified atom stereocenters. The standard InChI is InChI=1S/C12H18O2/c1-4-11-5-7-12(8-6-11)14-9-10(2)13-3/h5-8,10H,4,9H2,1-3H3. The van der Waals surface area contributed by atoms with Crippen LogP contribution in [0, 0.1) is 0 Å². The van der Waals surface area contributed by atoms with Crippen molar-refractivity contribution >= 4 is 0 Å². The van der Waals surface area contributed by atoms with Gasteiger partial charge in [0.15, 0.2) is 0 Å². The van der Waals surface area contributed by atoms with Crippen molar-refractivity contribution in [3.63, 3.8) is 0 Å². The highest BCUT2D eigenvalue weighted by atomic mass is 16.5. The van der Waals surface area contributed by atoms with Crippen LogP contribution in [0.4, 0.5) is 0 Å². The number of hydrogen-bond donors (Lipinski definition) is 0. The van der Waals surface area contributed by atoms with Gasteiger partial charge in [0.2, 0.25) is 0 Å². The van der Waals surface area contributed by atoms with Crippen molar-refractivity contribution < 1.29 is 9.47 Å². The summed E-state index contributed by atoms with van der Waals surface area (Å²) < 4.78 is 10.6. The van der Waals surface area contributed by atoms with E-state index in [0.717, 1.165) is 12.2 Å². The molecule has 0 saturated heterocycles. The van der Waals surface area contributed by atoms with E-state index in [-0.39, 0.29) is 6.10 Å². The zero-order chi connectivity index (χ0) is 10.4. The molecule has 0 radical (unpaired) electrons. The van der Waals surface area contributed by atoms with E-state index < -0.39 is 0 Å². The summed E-state index contributed by atoms with van der Waals surface area (Å²) in [5, 5.41) is 0. The van der Waals surface area contributed by atoms with E-state index in [9.17, 15) is 0 Å². The molecule has 0 aliphatic rings. The predicted molar refractivity (Wildman–Crippen MR) is 57.8 cm³/mol. The molecule has 0 fully saturated rings. The monoisotopic (exact) mass is 194 g/mol. The molecule has 1 atom stereocenters. The van der Waals surface area contributed by atoms with Gasteiger partial charge in [0.25, 0.3) is 0 Å². The van der Waals surface area contributed by atoms with Crippen molar-refractivity contribution in [2.45, 2.75) is 26.4 Å². The summed E-state index contributed by atoms with van der Waals surface area (Å²) in [6.45, 7) is 4.73. The minimum Gasteiger partial charge on any atom is -0.491 e. The molecular weight excluding hydrogens is 176 g/mol. The van der Waals surface area contributed by atoms with Gasteiger partial charge in [-0.25, -0.2) is 0 Å². The molecule has 2 heteroatoms. The van der Waals surface area contributed by atoms with Crippen LogP contribution in [0.2, 0.25) is 0 Å². The third-order valence-corrected chi connectivity index (χ3v) is 2.22. The first-order chi connectivity index (χ1) is 6.76. The fourth-order valence-corrected chi connectivity index (χ4v) is 1.10. The second-order valence-electron chi connectivity index (χ2n) is 3.35. The lowest BCUT2D eigenvalue weighted by atomic mass is 10.2. The Balaban J connectivity index is 2.43. The summed E-state index contributed by atoms with van der Waals surface area (Å²) in [6.07, 6.45) is 1.20. The van der Waals surface area contributed by atoms with Crippen LogP contribution >= 0.6 is 0 Å². The van der Waals surface area contributed by atoms with E-state index in [4.69, 9.17) is 9.47 Å². The second kappa shape index (κ2) is 5.66. The van der Waals surface area contributed by atoms with Gasteiger partial charge in [-0.05, 0) is 31.0 Å². The Labute approximate surface area is 85.8 Å². The highest BCUT2D eigenvalue weighted by Crippen LogP contribution is 2.12. The minimum absolute atomic E-state index is 0.140. The topological polar surface area (TPSA) is 18.5 Å². The third-order valence-electron chi connectivity index (χ3n) is 2.22. The lowest BCUT2D eigenvalue weighted by molar-refractivity contribution is 0.0716. The van der Waals surface area contributed by atoms with Gasteiger partial charge >= 0.3 is 0 Å². The first kappa shape index (κ1) is 11.1. The third kappa shape index (κ3) is 3.38. The van der Waals surface area contributed by atoms with Gasteiger partial charge in [0.1, 0.15) is 12.4 Å². The molecule has 0 aromatic heterocycles. The van der Waals surface area contributed by atoms with Crippen LogP contribution in [0.15, 0.2) is 24.3 Å². The molecule has 14 heavy (non-hydrogen) atoms. The maximum Gasteiger partial charge on any atom is 0.119 e. The number of methoxy groups -OCH3 is 1. The van der Waals surface area contributed by atoms with E-state index in [1.54, 1.807) is 7.11 Å². The number of hydrogen-bond acceptors (Lipinski definition) is 2. The summed E-state index contributed by atoms with van der Waals surface area (Å²) in [4.78, 5) is 0. The van der Waals surface area contributed by atoms with Crippen LogP contribution in [0.1, 0.15) is 19.4 Å². The molecule has 0 bridgehead atoms. The summed E-state index contributed by atoms with van der Waals surface area (Å²) in [5.74, 6) is 0.908. The minimum atomic E-state index is 0.140. The van der Waals surface area contributed by atoms with Crippen LogP contribution in [0.3, 0.4) is 0 Å². The van der Waals surface area contributed by atoms with Crippen LogP contribution < -0.4 is 4.74 Å². The molecule has 1 rings (SSSR count). The van der Waals surface area contributed by atoms with Crippen LogP contribution in [-0.2, 0) is 11.2 Å².